The second kappa shape index (κ2) is 4.18. The number of hydrogen-bond donors (Lipinski definition) is 2. The molecular weight excluding hydrogens is 212 g/mol. The highest BCUT2D eigenvalue weighted by Crippen LogP contribution is 2.25. The quantitative estimate of drug-likeness (QED) is 0.833. The number of carboxylic acids is 1. The molecule has 0 fully saturated rings. The molecule has 1 aromatic rings. The predicted molar refractivity (Wildman–Crippen MR) is 61.6 cm³/mol. The number of aryl methyl sites for hydroxylation is 1. The SMILES string of the molecule is Cc1nc(NC(C)(C)C)sc1CC(=O)O. The average Bonchev–Trinajstić information content (AvgIpc) is 2.26. The van der Waals surface area contributed by atoms with Crippen LogP contribution in [0.15, 0.2) is 0 Å². The molecule has 2 N–H and O–H groups in total. The topological polar surface area (TPSA) is 62.2 Å². The molecule has 4 nitrogen and oxygen atoms in total. The summed E-state index contributed by atoms with van der Waals surface area (Å²) in [6, 6.07) is 0. The van der Waals surface area contributed by atoms with Crippen LogP contribution in [0.3, 0.4) is 0 Å². The summed E-state index contributed by atoms with van der Waals surface area (Å²) in [5, 5.41) is 12.7. The van der Waals surface area contributed by atoms with Crippen molar-refractivity contribution in [3.05, 3.63) is 10.6 Å². The van der Waals surface area contributed by atoms with Crippen molar-refractivity contribution in [3.8, 4) is 0 Å². The minimum atomic E-state index is -0.816. The van der Waals surface area contributed by atoms with E-state index in [0.29, 0.717) is 0 Å². The largest absolute Gasteiger partial charge is 0.481 e. The smallest absolute Gasteiger partial charge is 0.308 e. The van der Waals surface area contributed by atoms with E-state index >= 15 is 0 Å². The normalized spacial score (nSPS) is 11.5. The van der Waals surface area contributed by atoms with Crippen molar-refractivity contribution >= 4 is 22.4 Å². The molecule has 0 aromatic carbocycles. The first-order valence-electron chi connectivity index (χ1n) is 4.74. The summed E-state index contributed by atoms with van der Waals surface area (Å²) in [7, 11) is 0. The standard InChI is InChI=1S/C10H16N2O2S/c1-6-7(5-8(13)14)15-9(11-6)12-10(2,3)4/h5H2,1-4H3,(H,11,12)(H,13,14). The number of carbonyl (C=O) groups is 1. The van der Waals surface area contributed by atoms with Crippen LogP contribution in [0.25, 0.3) is 0 Å². The van der Waals surface area contributed by atoms with Crippen LogP contribution in [-0.4, -0.2) is 21.6 Å². The molecule has 0 spiro atoms. The van der Waals surface area contributed by atoms with Gasteiger partial charge in [0.25, 0.3) is 0 Å². The zero-order valence-corrected chi connectivity index (χ0v) is 10.2. The van der Waals surface area contributed by atoms with Gasteiger partial charge in [0.2, 0.25) is 0 Å². The van der Waals surface area contributed by atoms with E-state index in [1.54, 1.807) is 0 Å². The van der Waals surface area contributed by atoms with Crippen molar-refractivity contribution in [1.82, 2.24) is 4.98 Å². The van der Waals surface area contributed by atoms with Crippen LogP contribution < -0.4 is 5.32 Å². The van der Waals surface area contributed by atoms with Gasteiger partial charge in [-0.1, -0.05) is 0 Å². The lowest BCUT2D eigenvalue weighted by molar-refractivity contribution is -0.136. The lowest BCUT2D eigenvalue weighted by Gasteiger charge is -2.19. The van der Waals surface area contributed by atoms with Gasteiger partial charge in [0.15, 0.2) is 5.13 Å². The highest BCUT2D eigenvalue weighted by molar-refractivity contribution is 7.15. The number of hydrogen-bond acceptors (Lipinski definition) is 4. The van der Waals surface area contributed by atoms with Crippen molar-refractivity contribution in [2.24, 2.45) is 0 Å². The fraction of sp³-hybridized carbons (Fsp3) is 0.600. The molecule has 84 valence electrons. The predicted octanol–water partition coefficient (Wildman–Crippen LogP) is 2.29. The molecule has 0 radical (unpaired) electrons. The van der Waals surface area contributed by atoms with Gasteiger partial charge in [0, 0.05) is 10.4 Å². The molecule has 0 saturated heterocycles. The van der Waals surface area contributed by atoms with E-state index < -0.39 is 5.97 Å². The summed E-state index contributed by atoms with van der Waals surface area (Å²) in [6.45, 7) is 7.96. The lowest BCUT2D eigenvalue weighted by Crippen LogP contribution is -2.25. The first-order chi connectivity index (χ1) is 6.78. The Kier molecular flexibility index (Phi) is 3.34. The Balaban J connectivity index is 2.81. The maximum Gasteiger partial charge on any atom is 0.308 e. The summed E-state index contributed by atoms with van der Waals surface area (Å²) in [5.74, 6) is -0.816. The van der Waals surface area contributed by atoms with E-state index in [4.69, 9.17) is 5.11 Å². The van der Waals surface area contributed by atoms with Crippen LogP contribution in [0.4, 0.5) is 5.13 Å². The molecule has 0 aliphatic rings. The fourth-order valence-electron chi connectivity index (χ4n) is 1.10. The second-order valence-corrected chi connectivity index (χ2v) is 5.56. The van der Waals surface area contributed by atoms with Gasteiger partial charge in [0.05, 0.1) is 12.1 Å². The Morgan fingerprint density at radius 2 is 2.13 bits per heavy atom. The molecule has 0 saturated carbocycles. The highest BCUT2D eigenvalue weighted by Gasteiger charge is 2.15. The molecule has 0 atom stereocenters. The van der Waals surface area contributed by atoms with Gasteiger partial charge in [-0.05, 0) is 27.7 Å². The molecule has 0 bridgehead atoms. The van der Waals surface area contributed by atoms with Gasteiger partial charge in [-0.2, -0.15) is 0 Å². The van der Waals surface area contributed by atoms with Gasteiger partial charge >= 0.3 is 5.97 Å². The Morgan fingerprint density at radius 3 is 2.60 bits per heavy atom. The monoisotopic (exact) mass is 228 g/mol. The molecule has 0 aliphatic carbocycles. The van der Waals surface area contributed by atoms with E-state index in [-0.39, 0.29) is 12.0 Å². The summed E-state index contributed by atoms with van der Waals surface area (Å²) in [5.41, 5.74) is 0.749. The van der Waals surface area contributed by atoms with Crippen LogP contribution in [-0.2, 0) is 11.2 Å². The van der Waals surface area contributed by atoms with E-state index in [2.05, 4.69) is 10.3 Å². The van der Waals surface area contributed by atoms with Gasteiger partial charge in [-0.25, -0.2) is 4.98 Å². The number of aliphatic carboxylic acids is 1. The van der Waals surface area contributed by atoms with Crippen molar-refractivity contribution in [3.63, 3.8) is 0 Å². The van der Waals surface area contributed by atoms with Crippen LogP contribution in [0.1, 0.15) is 31.3 Å². The van der Waals surface area contributed by atoms with E-state index in [9.17, 15) is 4.79 Å². The Bertz CT molecular complexity index is 366. The summed E-state index contributed by atoms with van der Waals surface area (Å²) >= 11 is 1.41. The molecule has 15 heavy (non-hydrogen) atoms. The molecular formula is C10H16N2O2S. The summed E-state index contributed by atoms with van der Waals surface area (Å²) in [4.78, 5) is 15.7. The molecule has 1 heterocycles. The highest BCUT2D eigenvalue weighted by atomic mass is 32.1. The van der Waals surface area contributed by atoms with Crippen molar-refractivity contribution < 1.29 is 9.90 Å². The number of anilines is 1. The van der Waals surface area contributed by atoms with E-state index in [1.807, 2.05) is 27.7 Å². The fourth-order valence-corrected chi connectivity index (χ4v) is 2.27. The van der Waals surface area contributed by atoms with Crippen molar-refractivity contribution in [2.75, 3.05) is 5.32 Å². The third kappa shape index (κ3) is 3.87. The van der Waals surface area contributed by atoms with Crippen LogP contribution >= 0.6 is 11.3 Å². The zero-order valence-electron chi connectivity index (χ0n) is 9.42. The first-order valence-corrected chi connectivity index (χ1v) is 5.56. The van der Waals surface area contributed by atoms with Gasteiger partial charge in [-0.15, -0.1) is 11.3 Å². The minimum Gasteiger partial charge on any atom is -0.481 e. The third-order valence-corrected chi connectivity index (χ3v) is 2.76. The maximum absolute atomic E-state index is 10.6. The number of nitrogens with zero attached hydrogens (tertiary/aromatic N) is 1. The van der Waals surface area contributed by atoms with E-state index in [1.165, 1.54) is 11.3 Å². The lowest BCUT2D eigenvalue weighted by atomic mass is 10.1. The third-order valence-electron chi connectivity index (χ3n) is 1.69. The van der Waals surface area contributed by atoms with Gasteiger partial charge in [0.1, 0.15) is 0 Å². The number of rotatable bonds is 3. The zero-order chi connectivity index (χ0) is 11.6. The molecule has 0 aliphatic heterocycles. The van der Waals surface area contributed by atoms with Gasteiger partial charge in [-0.3, -0.25) is 4.79 Å². The van der Waals surface area contributed by atoms with E-state index in [0.717, 1.165) is 15.7 Å². The van der Waals surface area contributed by atoms with Gasteiger partial charge < -0.3 is 10.4 Å². The summed E-state index contributed by atoms with van der Waals surface area (Å²) < 4.78 is 0. The number of carboxylic acid groups (broad SMARTS) is 1. The number of aromatic nitrogens is 1. The Hall–Kier alpha value is -1.10. The summed E-state index contributed by atoms with van der Waals surface area (Å²) in [6.07, 6.45) is 0.0509. The number of nitrogens with one attached hydrogen (secondary N) is 1. The molecule has 1 rings (SSSR count). The molecule has 1 aromatic heterocycles. The Labute approximate surface area is 93.4 Å². The number of thiazole rings is 1. The second-order valence-electron chi connectivity index (χ2n) is 4.47. The average molecular weight is 228 g/mol. The van der Waals surface area contributed by atoms with Crippen LogP contribution in [0, 0.1) is 6.92 Å². The molecule has 0 amide bonds. The van der Waals surface area contributed by atoms with Crippen LogP contribution in [0.2, 0.25) is 0 Å². The molecule has 0 unspecified atom stereocenters. The first kappa shape index (κ1) is 12.0. The minimum absolute atomic E-state index is 0.0508. The van der Waals surface area contributed by atoms with Crippen molar-refractivity contribution in [2.45, 2.75) is 39.7 Å². The van der Waals surface area contributed by atoms with Crippen molar-refractivity contribution in [1.29, 1.82) is 0 Å². The maximum atomic E-state index is 10.6. The molecule has 5 heteroatoms. The van der Waals surface area contributed by atoms with Crippen LogP contribution in [0.5, 0.6) is 0 Å². The Morgan fingerprint density at radius 1 is 1.53 bits per heavy atom.